The van der Waals surface area contributed by atoms with Crippen LogP contribution >= 0.6 is 0 Å². The fourth-order valence-corrected chi connectivity index (χ4v) is 2.62. The van der Waals surface area contributed by atoms with Crippen molar-refractivity contribution < 1.29 is 4.79 Å². The quantitative estimate of drug-likeness (QED) is 0.895. The van der Waals surface area contributed by atoms with Gasteiger partial charge in [0, 0.05) is 24.8 Å². The summed E-state index contributed by atoms with van der Waals surface area (Å²) in [4.78, 5) is 11.4. The maximum atomic E-state index is 11.4. The van der Waals surface area contributed by atoms with Crippen molar-refractivity contribution in [1.82, 2.24) is 0 Å². The molecule has 0 aromatic heterocycles. The number of carbonyl (C=O) groups excluding carboxylic acids is 1. The van der Waals surface area contributed by atoms with Gasteiger partial charge in [-0.25, -0.2) is 0 Å². The van der Waals surface area contributed by atoms with Gasteiger partial charge in [0.25, 0.3) is 0 Å². The molecule has 1 aliphatic rings. The summed E-state index contributed by atoms with van der Waals surface area (Å²) in [6.45, 7) is 0. The van der Waals surface area contributed by atoms with E-state index in [2.05, 4.69) is 47.0 Å². The Bertz CT molecular complexity index is 649. The van der Waals surface area contributed by atoms with Gasteiger partial charge >= 0.3 is 0 Å². The van der Waals surface area contributed by atoms with Crippen molar-refractivity contribution in [3.05, 3.63) is 59.2 Å². The molecule has 0 fully saturated rings. The second-order valence-electron chi connectivity index (χ2n) is 5.17. The smallest absolute Gasteiger partial charge is 0.224 e. The molecule has 1 amide bonds. The van der Waals surface area contributed by atoms with Crippen molar-refractivity contribution in [3.8, 4) is 0 Å². The molecule has 0 spiro atoms. The van der Waals surface area contributed by atoms with Crippen molar-refractivity contribution in [3.63, 3.8) is 0 Å². The molecule has 0 unspecified atom stereocenters. The van der Waals surface area contributed by atoms with Gasteiger partial charge in [-0.2, -0.15) is 0 Å². The molecule has 20 heavy (non-hydrogen) atoms. The average Bonchev–Trinajstić information content (AvgIpc) is 2.47. The molecule has 0 radical (unpaired) electrons. The fraction of sp³-hybridized carbons (Fsp3) is 0.235. The summed E-state index contributed by atoms with van der Waals surface area (Å²) >= 11 is 0. The van der Waals surface area contributed by atoms with Crippen LogP contribution in [0.2, 0.25) is 0 Å². The van der Waals surface area contributed by atoms with Crippen molar-refractivity contribution >= 4 is 17.3 Å². The third-order valence-corrected chi connectivity index (χ3v) is 3.69. The van der Waals surface area contributed by atoms with Gasteiger partial charge in [0.1, 0.15) is 0 Å². The van der Waals surface area contributed by atoms with E-state index < -0.39 is 0 Å². The maximum Gasteiger partial charge on any atom is 0.224 e. The van der Waals surface area contributed by atoms with Crippen LogP contribution in [0.15, 0.2) is 42.5 Å². The summed E-state index contributed by atoms with van der Waals surface area (Å²) in [5.41, 5.74) is 5.92. The van der Waals surface area contributed by atoms with Crippen LogP contribution in [0.1, 0.15) is 23.1 Å². The molecule has 3 heteroatoms. The molecule has 1 aliphatic heterocycles. The van der Waals surface area contributed by atoms with Crippen molar-refractivity contribution in [1.29, 1.82) is 0 Å². The molecular weight excluding hydrogens is 248 g/mol. The zero-order valence-corrected chi connectivity index (χ0v) is 11.6. The number of hydrogen-bond acceptors (Lipinski definition) is 2. The number of carbonyl (C=O) groups is 1. The predicted octanol–water partition coefficient (Wildman–Crippen LogP) is 3.20. The Kier molecular flexibility index (Phi) is 3.42. The van der Waals surface area contributed by atoms with Crippen LogP contribution in [0.5, 0.6) is 0 Å². The lowest BCUT2D eigenvalue weighted by Crippen LogP contribution is -2.18. The highest BCUT2D eigenvalue weighted by Crippen LogP contribution is 2.25. The molecule has 0 aliphatic carbocycles. The number of rotatable bonds is 3. The first-order chi connectivity index (χ1) is 9.74. The van der Waals surface area contributed by atoms with Gasteiger partial charge in [-0.05, 0) is 47.7 Å². The van der Waals surface area contributed by atoms with E-state index in [1.54, 1.807) is 0 Å². The van der Waals surface area contributed by atoms with E-state index in [9.17, 15) is 4.79 Å². The van der Waals surface area contributed by atoms with Gasteiger partial charge < -0.3 is 10.6 Å². The van der Waals surface area contributed by atoms with Gasteiger partial charge in [-0.1, -0.05) is 24.3 Å². The number of anilines is 2. The molecule has 102 valence electrons. The first kappa shape index (κ1) is 12.7. The lowest BCUT2D eigenvalue weighted by molar-refractivity contribution is -0.116. The fourth-order valence-electron chi connectivity index (χ4n) is 2.62. The predicted molar refractivity (Wildman–Crippen MR) is 82.2 cm³/mol. The van der Waals surface area contributed by atoms with Crippen LogP contribution in [-0.2, 0) is 17.6 Å². The third-order valence-electron chi connectivity index (χ3n) is 3.69. The zero-order chi connectivity index (χ0) is 13.9. The van der Waals surface area contributed by atoms with E-state index in [1.165, 1.54) is 16.7 Å². The van der Waals surface area contributed by atoms with Gasteiger partial charge in [0.2, 0.25) is 5.91 Å². The van der Waals surface area contributed by atoms with Gasteiger partial charge in [-0.3, -0.25) is 4.79 Å². The molecular formula is C17H18N2O. The SMILES string of the molecule is CNc1cccc(Cc2ccc3c(c2)CCC(=O)N3)c1. The molecule has 0 atom stereocenters. The normalized spacial score (nSPS) is 13.6. The third kappa shape index (κ3) is 2.67. The van der Waals surface area contributed by atoms with E-state index >= 15 is 0 Å². The number of nitrogens with one attached hydrogen (secondary N) is 2. The standard InChI is InChI=1S/C17H18N2O/c1-18-15-4-2-3-12(11-15)9-13-5-7-16-14(10-13)6-8-17(20)19-16/h2-5,7,10-11,18H,6,8-9H2,1H3,(H,19,20). The highest BCUT2D eigenvalue weighted by atomic mass is 16.1. The molecule has 0 saturated heterocycles. The summed E-state index contributed by atoms with van der Waals surface area (Å²) in [6, 6.07) is 14.8. The van der Waals surface area contributed by atoms with Crippen LogP contribution in [-0.4, -0.2) is 13.0 Å². The van der Waals surface area contributed by atoms with Crippen LogP contribution in [0.3, 0.4) is 0 Å². The molecule has 2 aromatic rings. The molecule has 2 N–H and O–H groups in total. The first-order valence-electron chi connectivity index (χ1n) is 6.93. The molecule has 0 bridgehead atoms. The van der Waals surface area contributed by atoms with E-state index in [4.69, 9.17) is 0 Å². The monoisotopic (exact) mass is 266 g/mol. The number of amides is 1. The summed E-state index contributed by atoms with van der Waals surface area (Å²) in [5, 5.41) is 6.08. The van der Waals surface area contributed by atoms with Crippen molar-refractivity contribution in [2.24, 2.45) is 0 Å². The van der Waals surface area contributed by atoms with Crippen molar-refractivity contribution in [2.75, 3.05) is 17.7 Å². The molecule has 0 saturated carbocycles. The number of benzene rings is 2. The molecule has 3 nitrogen and oxygen atoms in total. The summed E-state index contributed by atoms with van der Waals surface area (Å²) in [6.07, 6.45) is 2.34. The number of hydrogen-bond donors (Lipinski definition) is 2. The Morgan fingerprint density at radius 3 is 2.80 bits per heavy atom. The Morgan fingerprint density at radius 1 is 1.10 bits per heavy atom. The van der Waals surface area contributed by atoms with E-state index in [0.29, 0.717) is 6.42 Å². The van der Waals surface area contributed by atoms with Gasteiger partial charge in [-0.15, -0.1) is 0 Å². The average molecular weight is 266 g/mol. The second-order valence-corrected chi connectivity index (χ2v) is 5.17. The summed E-state index contributed by atoms with van der Waals surface area (Å²) < 4.78 is 0. The minimum atomic E-state index is 0.118. The maximum absolute atomic E-state index is 11.4. The topological polar surface area (TPSA) is 41.1 Å². The van der Waals surface area contributed by atoms with Crippen LogP contribution in [0.25, 0.3) is 0 Å². The molecule has 3 rings (SSSR count). The van der Waals surface area contributed by atoms with Gasteiger partial charge in [0.05, 0.1) is 0 Å². The van der Waals surface area contributed by atoms with Crippen LogP contribution in [0, 0.1) is 0 Å². The highest BCUT2D eigenvalue weighted by Gasteiger charge is 2.14. The van der Waals surface area contributed by atoms with Crippen molar-refractivity contribution in [2.45, 2.75) is 19.3 Å². The highest BCUT2D eigenvalue weighted by molar-refractivity contribution is 5.93. The Hall–Kier alpha value is -2.29. The second kappa shape index (κ2) is 5.37. The van der Waals surface area contributed by atoms with E-state index in [-0.39, 0.29) is 5.91 Å². The first-order valence-corrected chi connectivity index (χ1v) is 6.93. The Labute approximate surface area is 119 Å². The van der Waals surface area contributed by atoms with E-state index in [0.717, 1.165) is 24.2 Å². The minimum Gasteiger partial charge on any atom is -0.388 e. The summed E-state index contributed by atoms with van der Waals surface area (Å²) in [7, 11) is 1.93. The Balaban J connectivity index is 1.82. The summed E-state index contributed by atoms with van der Waals surface area (Å²) in [5.74, 6) is 0.118. The minimum absolute atomic E-state index is 0.118. The number of aryl methyl sites for hydroxylation is 1. The van der Waals surface area contributed by atoms with Crippen LogP contribution in [0.4, 0.5) is 11.4 Å². The zero-order valence-electron chi connectivity index (χ0n) is 11.6. The largest absolute Gasteiger partial charge is 0.388 e. The van der Waals surface area contributed by atoms with Crippen LogP contribution < -0.4 is 10.6 Å². The Morgan fingerprint density at radius 2 is 1.95 bits per heavy atom. The lowest BCUT2D eigenvalue weighted by atomic mass is 9.97. The van der Waals surface area contributed by atoms with E-state index in [1.807, 2.05) is 13.1 Å². The van der Waals surface area contributed by atoms with Gasteiger partial charge in [0.15, 0.2) is 0 Å². The lowest BCUT2D eigenvalue weighted by Gasteiger charge is -2.17. The number of fused-ring (bicyclic) bond motifs is 1. The molecule has 1 heterocycles. The molecule has 2 aromatic carbocycles.